The maximum Gasteiger partial charge on any atom is 0.225 e. The first kappa shape index (κ1) is 21.6. The summed E-state index contributed by atoms with van der Waals surface area (Å²) >= 11 is 0. The number of likely N-dealkylation sites (tertiary alicyclic amines) is 1. The van der Waals surface area contributed by atoms with Crippen LogP contribution in [0.25, 0.3) is 0 Å². The van der Waals surface area contributed by atoms with Gasteiger partial charge in [0.25, 0.3) is 0 Å². The Hall–Kier alpha value is -2.67. The first-order chi connectivity index (χ1) is 14.8. The highest BCUT2D eigenvalue weighted by molar-refractivity contribution is 7.91. The van der Waals surface area contributed by atoms with Crippen LogP contribution >= 0.6 is 0 Å². The van der Waals surface area contributed by atoms with Crippen molar-refractivity contribution in [2.75, 3.05) is 24.6 Å². The molecule has 0 aromatic heterocycles. The van der Waals surface area contributed by atoms with Gasteiger partial charge in [-0.2, -0.15) is 0 Å². The SMILES string of the molecule is CC(CNC(=O)[C@@H]1CC(=O)N([C@H]2CCS(=O)(=O)C2)C1)(c1ccccc1)c1ccccc1. The van der Waals surface area contributed by atoms with Crippen molar-refractivity contribution in [1.82, 2.24) is 10.2 Å². The lowest BCUT2D eigenvalue weighted by Gasteiger charge is -2.32. The van der Waals surface area contributed by atoms with E-state index >= 15 is 0 Å². The van der Waals surface area contributed by atoms with Crippen molar-refractivity contribution >= 4 is 21.7 Å². The van der Waals surface area contributed by atoms with Crippen LogP contribution in [0.4, 0.5) is 0 Å². The van der Waals surface area contributed by atoms with E-state index in [2.05, 4.69) is 36.5 Å². The fourth-order valence-electron chi connectivity index (χ4n) is 4.67. The average Bonchev–Trinajstić information content (AvgIpc) is 3.34. The highest BCUT2D eigenvalue weighted by Crippen LogP contribution is 2.32. The molecule has 164 valence electrons. The van der Waals surface area contributed by atoms with Gasteiger partial charge in [0.1, 0.15) is 0 Å². The van der Waals surface area contributed by atoms with Crippen LogP contribution in [-0.4, -0.2) is 55.8 Å². The molecule has 0 bridgehead atoms. The van der Waals surface area contributed by atoms with Gasteiger partial charge in [0, 0.05) is 31.0 Å². The summed E-state index contributed by atoms with van der Waals surface area (Å²) in [6, 6.07) is 19.8. The second-order valence-corrected chi connectivity index (χ2v) is 11.0. The van der Waals surface area contributed by atoms with Crippen LogP contribution in [0, 0.1) is 5.92 Å². The number of carbonyl (C=O) groups excluding carboxylic acids is 2. The molecule has 1 N–H and O–H groups in total. The van der Waals surface area contributed by atoms with Gasteiger partial charge in [-0.1, -0.05) is 60.7 Å². The number of nitrogens with zero attached hydrogens (tertiary/aromatic N) is 1. The van der Waals surface area contributed by atoms with Gasteiger partial charge in [0.05, 0.1) is 17.4 Å². The zero-order chi connectivity index (χ0) is 22.1. The minimum absolute atomic E-state index is 0.00711. The molecule has 2 aliphatic rings. The lowest BCUT2D eigenvalue weighted by Crippen LogP contribution is -2.43. The Labute approximate surface area is 183 Å². The molecule has 2 amide bonds. The van der Waals surface area contributed by atoms with Gasteiger partial charge in [-0.3, -0.25) is 9.59 Å². The minimum Gasteiger partial charge on any atom is -0.355 e. The molecule has 2 saturated heterocycles. The van der Waals surface area contributed by atoms with Crippen molar-refractivity contribution in [3.8, 4) is 0 Å². The predicted octanol–water partition coefficient (Wildman–Crippen LogP) is 2.14. The first-order valence-corrected chi connectivity index (χ1v) is 12.5. The molecule has 2 atom stereocenters. The normalized spacial score (nSPS) is 23.1. The first-order valence-electron chi connectivity index (χ1n) is 10.7. The largest absolute Gasteiger partial charge is 0.355 e. The van der Waals surface area contributed by atoms with Crippen LogP contribution < -0.4 is 5.32 Å². The lowest BCUT2D eigenvalue weighted by atomic mass is 9.76. The number of nitrogens with one attached hydrogen (secondary N) is 1. The Morgan fingerprint density at radius 3 is 2.16 bits per heavy atom. The van der Waals surface area contributed by atoms with Crippen molar-refractivity contribution < 1.29 is 18.0 Å². The summed E-state index contributed by atoms with van der Waals surface area (Å²) in [6.07, 6.45) is 0.596. The second-order valence-electron chi connectivity index (χ2n) is 8.79. The summed E-state index contributed by atoms with van der Waals surface area (Å²) in [5, 5.41) is 3.07. The molecule has 4 rings (SSSR count). The molecular weight excluding hydrogens is 412 g/mol. The molecule has 0 spiro atoms. The minimum atomic E-state index is -3.08. The summed E-state index contributed by atoms with van der Waals surface area (Å²) in [6.45, 7) is 2.80. The fourth-order valence-corrected chi connectivity index (χ4v) is 6.40. The van der Waals surface area contributed by atoms with Gasteiger partial charge in [0.2, 0.25) is 11.8 Å². The van der Waals surface area contributed by atoms with Crippen LogP contribution in [0.5, 0.6) is 0 Å². The lowest BCUT2D eigenvalue weighted by molar-refractivity contribution is -0.130. The third kappa shape index (κ3) is 4.51. The van der Waals surface area contributed by atoms with Crippen LogP contribution in [-0.2, 0) is 24.8 Å². The Morgan fingerprint density at radius 2 is 1.65 bits per heavy atom. The monoisotopic (exact) mass is 440 g/mol. The quantitative estimate of drug-likeness (QED) is 0.746. The van der Waals surface area contributed by atoms with Crippen molar-refractivity contribution in [1.29, 1.82) is 0 Å². The van der Waals surface area contributed by atoms with E-state index in [1.807, 2.05) is 36.4 Å². The van der Waals surface area contributed by atoms with Gasteiger partial charge in [-0.15, -0.1) is 0 Å². The Morgan fingerprint density at radius 1 is 1.06 bits per heavy atom. The fraction of sp³-hybridized carbons (Fsp3) is 0.417. The maximum atomic E-state index is 13.0. The molecular formula is C24H28N2O4S. The van der Waals surface area contributed by atoms with E-state index in [1.165, 1.54) is 0 Å². The van der Waals surface area contributed by atoms with Gasteiger partial charge >= 0.3 is 0 Å². The summed E-state index contributed by atoms with van der Waals surface area (Å²) in [5.41, 5.74) is 1.78. The number of hydrogen-bond donors (Lipinski definition) is 1. The zero-order valence-electron chi connectivity index (χ0n) is 17.7. The molecule has 6 nitrogen and oxygen atoms in total. The Balaban J connectivity index is 1.46. The molecule has 2 fully saturated rings. The number of benzene rings is 2. The Kier molecular flexibility index (Phi) is 5.88. The van der Waals surface area contributed by atoms with E-state index in [-0.39, 0.29) is 42.3 Å². The van der Waals surface area contributed by atoms with E-state index in [9.17, 15) is 18.0 Å². The zero-order valence-corrected chi connectivity index (χ0v) is 18.5. The number of rotatable bonds is 6. The molecule has 2 aromatic rings. The van der Waals surface area contributed by atoms with Crippen LogP contribution in [0.1, 0.15) is 30.9 Å². The molecule has 2 heterocycles. The summed E-state index contributed by atoms with van der Waals surface area (Å²) in [7, 11) is -3.08. The average molecular weight is 441 g/mol. The summed E-state index contributed by atoms with van der Waals surface area (Å²) in [5.74, 6) is -0.615. The van der Waals surface area contributed by atoms with Gasteiger partial charge in [0.15, 0.2) is 9.84 Å². The highest BCUT2D eigenvalue weighted by atomic mass is 32.2. The molecule has 0 saturated carbocycles. The van der Waals surface area contributed by atoms with Crippen LogP contribution in [0.2, 0.25) is 0 Å². The van der Waals surface area contributed by atoms with Crippen LogP contribution in [0.3, 0.4) is 0 Å². The van der Waals surface area contributed by atoms with E-state index in [1.54, 1.807) is 4.90 Å². The standard InChI is InChI=1S/C24H28N2O4S/c1-24(19-8-4-2-5-9-19,20-10-6-3-7-11-20)17-25-23(28)18-14-22(27)26(15-18)21-12-13-31(29,30)16-21/h2-11,18,21H,12-17H2,1H3,(H,25,28)/t18-,21+/m1/s1. The highest BCUT2D eigenvalue weighted by Gasteiger charge is 2.42. The van der Waals surface area contributed by atoms with Crippen molar-refractivity contribution in [2.24, 2.45) is 5.92 Å². The van der Waals surface area contributed by atoms with Crippen LogP contribution in [0.15, 0.2) is 60.7 Å². The summed E-state index contributed by atoms with van der Waals surface area (Å²) < 4.78 is 23.6. The van der Waals surface area contributed by atoms with E-state index < -0.39 is 21.2 Å². The number of carbonyl (C=O) groups is 2. The molecule has 2 aromatic carbocycles. The summed E-state index contributed by atoms with van der Waals surface area (Å²) in [4.78, 5) is 27.1. The molecule has 0 aliphatic carbocycles. The number of hydrogen-bond acceptors (Lipinski definition) is 4. The van der Waals surface area contributed by atoms with Gasteiger partial charge < -0.3 is 10.2 Å². The predicted molar refractivity (Wildman–Crippen MR) is 119 cm³/mol. The maximum absolute atomic E-state index is 13.0. The number of sulfone groups is 1. The molecule has 2 aliphatic heterocycles. The number of amides is 2. The van der Waals surface area contributed by atoms with E-state index in [0.29, 0.717) is 13.0 Å². The molecule has 31 heavy (non-hydrogen) atoms. The second kappa shape index (κ2) is 8.46. The topological polar surface area (TPSA) is 83.6 Å². The van der Waals surface area contributed by atoms with Gasteiger partial charge in [-0.05, 0) is 24.5 Å². The van der Waals surface area contributed by atoms with E-state index in [0.717, 1.165) is 11.1 Å². The Bertz CT molecular complexity index is 1010. The molecule has 0 radical (unpaired) electrons. The van der Waals surface area contributed by atoms with Gasteiger partial charge in [-0.25, -0.2) is 8.42 Å². The molecule has 7 heteroatoms. The molecule has 0 unspecified atom stereocenters. The third-order valence-corrected chi connectivity index (χ3v) is 8.37. The van der Waals surface area contributed by atoms with E-state index in [4.69, 9.17) is 0 Å². The van der Waals surface area contributed by atoms with Crippen molar-refractivity contribution in [3.05, 3.63) is 71.8 Å². The smallest absolute Gasteiger partial charge is 0.225 e. The van der Waals surface area contributed by atoms with Crippen molar-refractivity contribution in [3.63, 3.8) is 0 Å². The third-order valence-electron chi connectivity index (χ3n) is 6.62. The van der Waals surface area contributed by atoms with Crippen molar-refractivity contribution in [2.45, 2.75) is 31.2 Å².